The zero-order valence-electron chi connectivity index (χ0n) is 48.9. The molecule has 72 heavy (non-hydrogen) atoms. The van der Waals surface area contributed by atoms with Crippen molar-refractivity contribution in [3.05, 3.63) is 12.2 Å². The molecule has 0 aliphatic carbocycles. The van der Waals surface area contributed by atoms with Crippen LogP contribution >= 0.6 is 0 Å². The van der Waals surface area contributed by atoms with Crippen LogP contribution in [-0.4, -0.2) is 47.4 Å². The second-order valence-corrected chi connectivity index (χ2v) is 22.8. The van der Waals surface area contributed by atoms with Crippen molar-refractivity contribution >= 4 is 11.9 Å². The highest BCUT2D eigenvalue weighted by molar-refractivity contribution is 5.76. The van der Waals surface area contributed by atoms with Crippen molar-refractivity contribution in [2.24, 2.45) is 0 Å². The highest BCUT2D eigenvalue weighted by atomic mass is 16.5. The average Bonchev–Trinajstić information content (AvgIpc) is 3.38. The molecule has 0 radical (unpaired) electrons. The molecule has 0 aliphatic heterocycles. The van der Waals surface area contributed by atoms with Crippen LogP contribution in [-0.2, 0) is 14.3 Å². The molecule has 0 aromatic rings. The molecule has 0 aliphatic rings. The van der Waals surface area contributed by atoms with Gasteiger partial charge in [0.05, 0.1) is 25.4 Å². The van der Waals surface area contributed by atoms with E-state index in [2.05, 4.69) is 31.3 Å². The minimum atomic E-state index is -0.661. The molecule has 0 rings (SSSR count). The number of carbonyl (C=O) groups is 2. The van der Waals surface area contributed by atoms with Crippen molar-refractivity contribution in [1.29, 1.82) is 0 Å². The number of esters is 1. The summed E-state index contributed by atoms with van der Waals surface area (Å²) in [5, 5.41) is 23.1. The summed E-state index contributed by atoms with van der Waals surface area (Å²) in [7, 11) is 0. The van der Waals surface area contributed by atoms with E-state index in [9.17, 15) is 19.8 Å². The van der Waals surface area contributed by atoms with Crippen LogP contribution in [0.1, 0.15) is 373 Å². The highest BCUT2D eigenvalue weighted by Gasteiger charge is 2.20. The standard InChI is InChI=1S/C66H129NO5/c1-3-5-7-9-11-13-14-15-16-17-31-34-37-40-44-48-52-56-60-66(71)72-61-57-53-49-45-41-38-35-32-29-27-25-23-21-19-18-20-22-24-26-28-30-33-36-39-43-47-51-55-59-65(70)67-63(62-68)64(69)58-54-50-46-42-12-10-8-6-4-2/h18-19,63-64,68-69H,3-17,20-62H2,1-2H3,(H,67,70)/b19-18-. The number of amides is 1. The molecule has 0 aromatic heterocycles. The maximum atomic E-state index is 12.4. The Morgan fingerprint density at radius 3 is 0.986 bits per heavy atom. The Morgan fingerprint density at radius 2 is 0.653 bits per heavy atom. The van der Waals surface area contributed by atoms with Gasteiger partial charge in [0.25, 0.3) is 0 Å². The van der Waals surface area contributed by atoms with Crippen LogP contribution in [0.4, 0.5) is 0 Å². The summed E-state index contributed by atoms with van der Waals surface area (Å²) in [5.41, 5.74) is 0. The van der Waals surface area contributed by atoms with Crippen molar-refractivity contribution in [3.8, 4) is 0 Å². The Kier molecular flexibility index (Phi) is 60.9. The molecular formula is C66H129NO5. The zero-order chi connectivity index (χ0) is 52.2. The molecule has 2 atom stereocenters. The fraction of sp³-hybridized carbons (Fsp3) is 0.939. The predicted molar refractivity (Wildman–Crippen MR) is 315 cm³/mol. The number of unbranched alkanes of at least 4 members (excludes halogenated alkanes) is 49. The average molecular weight is 1020 g/mol. The van der Waals surface area contributed by atoms with Crippen molar-refractivity contribution in [3.63, 3.8) is 0 Å². The van der Waals surface area contributed by atoms with Crippen LogP contribution in [0.5, 0.6) is 0 Å². The maximum absolute atomic E-state index is 12.4. The smallest absolute Gasteiger partial charge is 0.305 e. The third kappa shape index (κ3) is 57.9. The van der Waals surface area contributed by atoms with Gasteiger partial charge in [-0.25, -0.2) is 0 Å². The van der Waals surface area contributed by atoms with Gasteiger partial charge in [0.15, 0.2) is 0 Å². The lowest BCUT2D eigenvalue weighted by Gasteiger charge is -2.22. The van der Waals surface area contributed by atoms with Crippen LogP contribution in [0.3, 0.4) is 0 Å². The topological polar surface area (TPSA) is 95.9 Å². The van der Waals surface area contributed by atoms with Gasteiger partial charge in [-0.15, -0.1) is 0 Å². The van der Waals surface area contributed by atoms with E-state index in [1.54, 1.807) is 0 Å². The molecule has 428 valence electrons. The van der Waals surface area contributed by atoms with E-state index < -0.39 is 12.1 Å². The molecule has 0 aromatic carbocycles. The number of aliphatic hydroxyl groups excluding tert-OH is 2. The Bertz CT molecular complexity index is 1080. The molecule has 0 fully saturated rings. The second kappa shape index (κ2) is 62.1. The lowest BCUT2D eigenvalue weighted by molar-refractivity contribution is -0.143. The minimum absolute atomic E-state index is 0.0208. The summed E-state index contributed by atoms with van der Waals surface area (Å²) in [6.07, 6.45) is 75.4. The molecule has 0 saturated carbocycles. The predicted octanol–water partition coefficient (Wildman–Crippen LogP) is 20.8. The fourth-order valence-electron chi connectivity index (χ4n) is 10.5. The van der Waals surface area contributed by atoms with Crippen molar-refractivity contribution in [2.75, 3.05) is 13.2 Å². The molecule has 0 spiro atoms. The quantitative estimate of drug-likeness (QED) is 0.0320. The Balaban J connectivity index is 3.32. The van der Waals surface area contributed by atoms with Gasteiger partial charge in [-0.3, -0.25) is 9.59 Å². The van der Waals surface area contributed by atoms with Crippen molar-refractivity contribution < 1.29 is 24.5 Å². The first-order valence-corrected chi connectivity index (χ1v) is 32.9. The third-order valence-electron chi connectivity index (χ3n) is 15.6. The summed E-state index contributed by atoms with van der Waals surface area (Å²) in [6.45, 7) is 4.96. The first-order chi connectivity index (χ1) is 35.5. The Morgan fingerprint density at radius 1 is 0.375 bits per heavy atom. The molecule has 0 bridgehead atoms. The van der Waals surface area contributed by atoms with Gasteiger partial charge in [-0.2, -0.15) is 0 Å². The molecule has 0 heterocycles. The van der Waals surface area contributed by atoms with Gasteiger partial charge >= 0.3 is 5.97 Å². The minimum Gasteiger partial charge on any atom is -0.466 e. The van der Waals surface area contributed by atoms with E-state index in [4.69, 9.17) is 4.74 Å². The van der Waals surface area contributed by atoms with Crippen LogP contribution in [0.2, 0.25) is 0 Å². The van der Waals surface area contributed by atoms with Gasteiger partial charge in [-0.1, -0.05) is 321 Å². The van der Waals surface area contributed by atoms with Crippen LogP contribution in [0.25, 0.3) is 0 Å². The fourth-order valence-corrected chi connectivity index (χ4v) is 10.5. The molecule has 0 saturated heterocycles. The van der Waals surface area contributed by atoms with E-state index in [1.807, 2.05) is 0 Å². The van der Waals surface area contributed by atoms with Gasteiger partial charge < -0.3 is 20.3 Å². The van der Waals surface area contributed by atoms with E-state index in [0.717, 1.165) is 38.5 Å². The van der Waals surface area contributed by atoms with Crippen LogP contribution in [0.15, 0.2) is 12.2 Å². The largest absolute Gasteiger partial charge is 0.466 e. The van der Waals surface area contributed by atoms with Crippen LogP contribution in [0, 0.1) is 0 Å². The molecular weight excluding hydrogens is 887 g/mol. The highest BCUT2D eigenvalue weighted by Crippen LogP contribution is 2.18. The molecule has 2 unspecified atom stereocenters. The molecule has 6 heteroatoms. The molecule has 1 amide bonds. The Hall–Kier alpha value is -1.40. The number of nitrogens with one attached hydrogen (secondary N) is 1. The third-order valence-corrected chi connectivity index (χ3v) is 15.6. The number of aliphatic hydroxyl groups is 2. The number of allylic oxidation sites excluding steroid dienone is 2. The van der Waals surface area contributed by atoms with Crippen LogP contribution < -0.4 is 5.32 Å². The summed E-state index contributed by atoms with van der Waals surface area (Å²) in [6, 6.07) is -0.538. The van der Waals surface area contributed by atoms with Crippen molar-refractivity contribution in [2.45, 2.75) is 386 Å². The van der Waals surface area contributed by atoms with E-state index >= 15 is 0 Å². The number of hydrogen-bond donors (Lipinski definition) is 3. The maximum Gasteiger partial charge on any atom is 0.305 e. The second-order valence-electron chi connectivity index (χ2n) is 22.8. The van der Waals surface area contributed by atoms with Crippen molar-refractivity contribution in [1.82, 2.24) is 5.32 Å². The SMILES string of the molecule is CCCCCCCCCCCCCCCCCCCCC(=O)OCCCCCCCCCCCCCC/C=C\CCCCCCCCCCCCCCC(=O)NC(CO)C(O)CCCCCCCCCCC. The van der Waals surface area contributed by atoms with E-state index in [-0.39, 0.29) is 18.5 Å². The lowest BCUT2D eigenvalue weighted by atomic mass is 10.0. The van der Waals surface area contributed by atoms with Gasteiger partial charge in [0.1, 0.15) is 0 Å². The zero-order valence-corrected chi connectivity index (χ0v) is 48.9. The first-order valence-electron chi connectivity index (χ1n) is 32.9. The summed E-state index contributed by atoms with van der Waals surface area (Å²) >= 11 is 0. The number of carbonyl (C=O) groups excluding carboxylic acids is 2. The van der Waals surface area contributed by atoms with E-state index in [0.29, 0.717) is 25.9 Å². The van der Waals surface area contributed by atoms with Gasteiger partial charge in [-0.05, 0) is 51.4 Å². The van der Waals surface area contributed by atoms with Gasteiger partial charge in [0, 0.05) is 12.8 Å². The van der Waals surface area contributed by atoms with Gasteiger partial charge in [0.2, 0.25) is 5.91 Å². The van der Waals surface area contributed by atoms with E-state index in [1.165, 1.54) is 302 Å². The Labute approximate surface area is 450 Å². The number of hydrogen-bond acceptors (Lipinski definition) is 5. The molecule has 6 nitrogen and oxygen atoms in total. The summed E-state index contributed by atoms with van der Waals surface area (Å²) < 4.78 is 5.51. The monoisotopic (exact) mass is 1020 g/mol. The molecule has 3 N–H and O–H groups in total. The number of ether oxygens (including phenoxy) is 1. The number of rotatable bonds is 62. The normalized spacial score (nSPS) is 12.6. The summed E-state index contributed by atoms with van der Waals surface area (Å²) in [5.74, 6) is -0.0148. The first kappa shape index (κ1) is 70.6. The lowest BCUT2D eigenvalue weighted by Crippen LogP contribution is -2.45. The summed E-state index contributed by atoms with van der Waals surface area (Å²) in [4.78, 5) is 24.5.